The molecule has 1 aliphatic carbocycles. The number of hydrogen-bond donors (Lipinski definition) is 1. The van der Waals surface area contributed by atoms with E-state index in [1.165, 1.54) is 37.4 Å². The second-order valence-electron chi connectivity index (χ2n) is 5.17. The van der Waals surface area contributed by atoms with Gasteiger partial charge in [0.2, 0.25) is 0 Å². The van der Waals surface area contributed by atoms with Crippen LogP contribution in [-0.2, 0) is 0 Å². The van der Waals surface area contributed by atoms with Gasteiger partial charge in [0, 0.05) is 19.2 Å². The Morgan fingerprint density at radius 1 is 1.39 bits per heavy atom. The minimum absolute atomic E-state index is 0.556. The zero-order valence-corrected chi connectivity index (χ0v) is 12.2. The molecule has 4 nitrogen and oxygen atoms in total. The average Bonchev–Trinajstić information content (AvgIpc) is 2.37. The molecule has 0 aliphatic heterocycles. The summed E-state index contributed by atoms with van der Waals surface area (Å²) in [4.78, 5) is 11.0. The lowest BCUT2D eigenvalue weighted by Gasteiger charge is -2.35. The standard InChI is InChI=1S/C13H22N4S/c1-9-5-4-6-10(7-9)17(2)12-8-11(14)15-13(16-12)18-3/h8-10H,4-7H2,1-3H3,(H2,14,15,16). The maximum atomic E-state index is 5.84. The zero-order valence-electron chi connectivity index (χ0n) is 11.4. The fourth-order valence-corrected chi connectivity index (χ4v) is 3.02. The molecule has 0 bridgehead atoms. The van der Waals surface area contributed by atoms with Crippen LogP contribution < -0.4 is 10.6 Å². The Hall–Kier alpha value is -0.970. The Labute approximate surface area is 113 Å². The highest BCUT2D eigenvalue weighted by Gasteiger charge is 2.23. The van der Waals surface area contributed by atoms with Gasteiger partial charge < -0.3 is 10.6 Å². The first-order chi connectivity index (χ1) is 8.60. The number of anilines is 2. The molecule has 0 amide bonds. The monoisotopic (exact) mass is 266 g/mol. The SMILES string of the molecule is CSc1nc(N)cc(N(C)C2CCCC(C)C2)n1. The molecule has 2 N–H and O–H groups in total. The number of nitrogens with two attached hydrogens (primary N) is 1. The summed E-state index contributed by atoms with van der Waals surface area (Å²) in [5.74, 6) is 2.32. The van der Waals surface area contributed by atoms with Gasteiger partial charge in [0.1, 0.15) is 11.6 Å². The summed E-state index contributed by atoms with van der Waals surface area (Å²) in [5.41, 5.74) is 5.84. The van der Waals surface area contributed by atoms with Crippen LogP contribution >= 0.6 is 11.8 Å². The van der Waals surface area contributed by atoms with E-state index in [0.717, 1.165) is 16.9 Å². The summed E-state index contributed by atoms with van der Waals surface area (Å²) >= 11 is 1.53. The van der Waals surface area contributed by atoms with Crippen molar-refractivity contribution in [3.63, 3.8) is 0 Å². The van der Waals surface area contributed by atoms with Crippen LogP contribution in [0.15, 0.2) is 11.2 Å². The van der Waals surface area contributed by atoms with Crippen LogP contribution in [0.3, 0.4) is 0 Å². The molecule has 1 aliphatic rings. The highest BCUT2D eigenvalue weighted by molar-refractivity contribution is 7.98. The van der Waals surface area contributed by atoms with Gasteiger partial charge >= 0.3 is 0 Å². The number of thioether (sulfide) groups is 1. The van der Waals surface area contributed by atoms with E-state index in [1.807, 2.05) is 12.3 Å². The van der Waals surface area contributed by atoms with E-state index in [0.29, 0.717) is 11.9 Å². The molecule has 1 aromatic rings. The lowest BCUT2D eigenvalue weighted by atomic mass is 9.86. The highest BCUT2D eigenvalue weighted by Crippen LogP contribution is 2.29. The van der Waals surface area contributed by atoms with Crippen LogP contribution in [0.5, 0.6) is 0 Å². The Morgan fingerprint density at radius 2 is 2.17 bits per heavy atom. The molecule has 1 aromatic heterocycles. The molecule has 100 valence electrons. The van der Waals surface area contributed by atoms with Gasteiger partial charge in [-0.1, -0.05) is 31.5 Å². The van der Waals surface area contributed by atoms with Gasteiger partial charge in [0.25, 0.3) is 0 Å². The third-order valence-electron chi connectivity index (χ3n) is 3.71. The van der Waals surface area contributed by atoms with Gasteiger partial charge in [0.05, 0.1) is 0 Å². The predicted octanol–water partition coefficient (Wildman–Crippen LogP) is 2.80. The van der Waals surface area contributed by atoms with E-state index >= 15 is 0 Å². The number of nitrogens with zero attached hydrogens (tertiary/aromatic N) is 3. The first-order valence-electron chi connectivity index (χ1n) is 6.51. The second-order valence-corrected chi connectivity index (χ2v) is 5.95. The second kappa shape index (κ2) is 5.78. The molecule has 2 rings (SSSR count). The van der Waals surface area contributed by atoms with Crippen molar-refractivity contribution in [1.82, 2.24) is 9.97 Å². The van der Waals surface area contributed by atoms with Crippen LogP contribution in [-0.4, -0.2) is 29.3 Å². The smallest absolute Gasteiger partial charge is 0.191 e. The number of aromatic nitrogens is 2. The summed E-state index contributed by atoms with van der Waals surface area (Å²) in [7, 11) is 2.12. The lowest BCUT2D eigenvalue weighted by Crippen LogP contribution is -2.36. The summed E-state index contributed by atoms with van der Waals surface area (Å²) in [6, 6.07) is 2.46. The molecule has 1 heterocycles. The van der Waals surface area contributed by atoms with Crippen LogP contribution in [0.1, 0.15) is 32.6 Å². The molecule has 0 saturated heterocycles. The Balaban J connectivity index is 2.16. The molecule has 1 fully saturated rings. The Bertz CT molecular complexity index is 410. The molecule has 0 aromatic carbocycles. The van der Waals surface area contributed by atoms with Gasteiger partial charge in [-0.05, 0) is 25.0 Å². The van der Waals surface area contributed by atoms with E-state index in [1.54, 1.807) is 0 Å². The molecule has 2 atom stereocenters. The van der Waals surface area contributed by atoms with Crippen molar-refractivity contribution in [2.75, 3.05) is 23.9 Å². The van der Waals surface area contributed by atoms with Crippen molar-refractivity contribution in [3.05, 3.63) is 6.07 Å². The van der Waals surface area contributed by atoms with Crippen molar-refractivity contribution in [3.8, 4) is 0 Å². The normalized spacial score (nSPS) is 23.9. The largest absolute Gasteiger partial charge is 0.383 e. The summed E-state index contributed by atoms with van der Waals surface area (Å²) < 4.78 is 0. The van der Waals surface area contributed by atoms with Crippen molar-refractivity contribution in [2.24, 2.45) is 5.92 Å². The first kappa shape index (κ1) is 13.5. The predicted molar refractivity (Wildman–Crippen MR) is 78.0 cm³/mol. The van der Waals surface area contributed by atoms with Gasteiger partial charge in [-0.25, -0.2) is 9.97 Å². The van der Waals surface area contributed by atoms with Crippen molar-refractivity contribution in [1.29, 1.82) is 0 Å². The summed E-state index contributed by atoms with van der Waals surface area (Å²) in [6.07, 6.45) is 7.13. The summed E-state index contributed by atoms with van der Waals surface area (Å²) in [6.45, 7) is 2.33. The van der Waals surface area contributed by atoms with E-state index in [9.17, 15) is 0 Å². The average molecular weight is 266 g/mol. The first-order valence-corrected chi connectivity index (χ1v) is 7.74. The maximum Gasteiger partial charge on any atom is 0.191 e. The number of nitrogen functional groups attached to an aromatic ring is 1. The van der Waals surface area contributed by atoms with Gasteiger partial charge in [-0.3, -0.25) is 0 Å². The molecule has 18 heavy (non-hydrogen) atoms. The van der Waals surface area contributed by atoms with Gasteiger partial charge in [-0.2, -0.15) is 0 Å². The zero-order chi connectivity index (χ0) is 13.1. The number of rotatable bonds is 3. The van der Waals surface area contributed by atoms with Crippen molar-refractivity contribution >= 4 is 23.4 Å². The molecule has 1 saturated carbocycles. The third-order valence-corrected chi connectivity index (χ3v) is 4.26. The van der Waals surface area contributed by atoms with E-state index < -0.39 is 0 Å². The lowest BCUT2D eigenvalue weighted by molar-refractivity contribution is 0.335. The fraction of sp³-hybridized carbons (Fsp3) is 0.692. The fourth-order valence-electron chi connectivity index (χ4n) is 2.64. The van der Waals surface area contributed by atoms with E-state index in [2.05, 4.69) is 28.8 Å². The molecular weight excluding hydrogens is 244 g/mol. The minimum Gasteiger partial charge on any atom is -0.383 e. The molecule has 0 radical (unpaired) electrons. The highest BCUT2D eigenvalue weighted by atomic mass is 32.2. The van der Waals surface area contributed by atoms with Crippen molar-refractivity contribution < 1.29 is 0 Å². The summed E-state index contributed by atoms with van der Waals surface area (Å²) in [5, 5.41) is 0.751. The van der Waals surface area contributed by atoms with Crippen molar-refractivity contribution in [2.45, 2.75) is 43.8 Å². The molecular formula is C13H22N4S. The minimum atomic E-state index is 0.556. The molecule has 5 heteroatoms. The number of hydrogen-bond acceptors (Lipinski definition) is 5. The molecule has 2 unspecified atom stereocenters. The van der Waals surface area contributed by atoms with E-state index in [-0.39, 0.29) is 0 Å². The van der Waals surface area contributed by atoms with Crippen LogP contribution in [0.25, 0.3) is 0 Å². The van der Waals surface area contributed by atoms with Gasteiger partial charge in [-0.15, -0.1) is 0 Å². The topological polar surface area (TPSA) is 55.0 Å². The van der Waals surface area contributed by atoms with E-state index in [4.69, 9.17) is 5.73 Å². The van der Waals surface area contributed by atoms with Crippen LogP contribution in [0.4, 0.5) is 11.6 Å². The third kappa shape index (κ3) is 3.07. The molecule has 0 spiro atoms. The quantitative estimate of drug-likeness (QED) is 0.673. The Kier molecular flexibility index (Phi) is 4.32. The maximum absolute atomic E-state index is 5.84. The van der Waals surface area contributed by atoms with Crippen LogP contribution in [0.2, 0.25) is 0 Å². The Morgan fingerprint density at radius 3 is 2.83 bits per heavy atom. The van der Waals surface area contributed by atoms with Crippen LogP contribution in [0, 0.1) is 5.92 Å². The van der Waals surface area contributed by atoms with Gasteiger partial charge in [0.15, 0.2) is 5.16 Å².